The Bertz CT molecular complexity index is 479. The molecule has 0 bridgehead atoms. The van der Waals surface area contributed by atoms with Gasteiger partial charge in [0.1, 0.15) is 6.54 Å². The van der Waals surface area contributed by atoms with Crippen LogP contribution in [0.1, 0.15) is 27.2 Å². The van der Waals surface area contributed by atoms with Crippen molar-refractivity contribution in [2.24, 2.45) is 4.99 Å². The maximum Gasteiger partial charge on any atom is 0.241 e. The molecular weight excluding hydrogens is 308 g/mol. The van der Waals surface area contributed by atoms with E-state index in [9.17, 15) is 4.79 Å². The van der Waals surface area contributed by atoms with Crippen LogP contribution < -0.4 is 16.0 Å². The molecule has 0 fully saturated rings. The number of thioether (sulfide) groups is 1. The van der Waals surface area contributed by atoms with E-state index in [2.05, 4.69) is 40.0 Å². The molecule has 0 aliphatic rings. The summed E-state index contributed by atoms with van der Waals surface area (Å²) < 4.78 is 0. The highest BCUT2D eigenvalue weighted by Gasteiger charge is 2.06. The van der Waals surface area contributed by atoms with Crippen LogP contribution in [0.25, 0.3) is 0 Å². The topological polar surface area (TPSA) is 65.5 Å². The number of nitrogens with one attached hydrogen (secondary N) is 3. The van der Waals surface area contributed by atoms with Crippen molar-refractivity contribution in [1.29, 1.82) is 0 Å². The van der Waals surface area contributed by atoms with Gasteiger partial charge in [0.2, 0.25) is 5.91 Å². The van der Waals surface area contributed by atoms with Crippen LogP contribution in [0.5, 0.6) is 0 Å². The minimum absolute atomic E-state index is 0.0456. The largest absolute Gasteiger partial charge is 0.357 e. The van der Waals surface area contributed by atoms with Gasteiger partial charge in [0, 0.05) is 29.8 Å². The molecule has 23 heavy (non-hydrogen) atoms. The lowest BCUT2D eigenvalue weighted by Crippen LogP contribution is -2.41. The molecule has 6 heteroatoms. The number of carbonyl (C=O) groups excluding carboxylic acids is 1. The SMILES string of the molecule is CCCNC(=O)CN=C(NCC)NCC(C)Sc1ccccc1. The molecule has 5 nitrogen and oxygen atoms in total. The van der Waals surface area contributed by atoms with Crippen LogP contribution in [0.4, 0.5) is 0 Å². The van der Waals surface area contributed by atoms with Gasteiger partial charge in [-0.1, -0.05) is 32.0 Å². The van der Waals surface area contributed by atoms with Crippen LogP contribution in [0, 0.1) is 0 Å². The number of hydrogen-bond donors (Lipinski definition) is 3. The summed E-state index contributed by atoms with van der Waals surface area (Å²) in [5, 5.41) is 9.67. The molecule has 0 saturated carbocycles. The van der Waals surface area contributed by atoms with Crippen LogP contribution in [-0.2, 0) is 4.79 Å². The van der Waals surface area contributed by atoms with E-state index < -0.39 is 0 Å². The molecule has 128 valence electrons. The van der Waals surface area contributed by atoms with Crippen molar-refractivity contribution in [3.63, 3.8) is 0 Å². The molecule has 0 aliphatic carbocycles. The van der Waals surface area contributed by atoms with Crippen molar-refractivity contribution >= 4 is 23.6 Å². The second-order valence-electron chi connectivity index (χ2n) is 5.17. The fourth-order valence-corrected chi connectivity index (χ4v) is 2.77. The molecule has 0 radical (unpaired) electrons. The Hall–Kier alpha value is -1.69. The first-order chi connectivity index (χ1) is 11.2. The smallest absolute Gasteiger partial charge is 0.241 e. The normalized spacial score (nSPS) is 12.6. The van der Waals surface area contributed by atoms with Crippen molar-refractivity contribution in [3.8, 4) is 0 Å². The molecular formula is C17H28N4OS. The predicted octanol–water partition coefficient (Wildman–Crippen LogP) is 2.25. The summed E-state index contributed by atoms with van der Waals surface area (Å²) in [6.45, 7) is 8.60. The summed E-state index contributed by atoms with van der Waals surface area (Å²) in [6.07, 6.45) is 0.933. The van der Waals surface area contributed by atoms with E-state index in [0.29, 0.717) is 17.8 Å². The molecule has 1 aromatic carbocycles. The Kier molecular flexibility index (Phi) is 9.95. The molecule has 3 N–H and O–H groups in total. The first-order valence-corrected chi connectivity index (χ1v) is 9.04. The second-order valence-corrected chi connectivity index (χ2v) is 6.68. The monoisotopic (exact) mass is 336 g/mol. The second kappa shape index (κ2) is 11.8. The molecule has 0 spiro atoms. The third-order valence-corrected chi connectivity index (χ3v) is 4.05. The van der Waals surface area contributed by atoms with Crippen molar-refractivity contribution in [2.45, 2.75) is 37.3 Å². The highest BCUT2D eigenvalue weighted by molar-refractivity contribution is 8.00. The van der Waals surface area contributed by atoms with E-state index in [1.54, 1.807) is 0 Å². The van der Waals surface area contributed by atoms with Gasteiger partial charge >= 0.3 is 0 Å². The predicted molar refractivity (Wildman–Crippen MR) is 99.0 cm³/mol. The maximum atomic E-state index is 11.6. The molecule has 0 heterocycles. The third kappa shape index (κ3) is 9.13. The number of guanidine groups is 1. The summed E-state index contributed by atoms with van der Waals surface area (Å²) in [5.74, 6) is 0.635. The quantitative estimate of drug-likeness (QED) is 0.368. The van der Waals surface area contributed by atoms with Crippen LogP contribution in [0.15, 0.2) is 40.2 Å². The van der Waals surface area contributed by atoms with Gasteiger partial charge in [0.05, 0.1) is 0 Å². The van der Waals surface area contributed by atoms with Crippen molar-refractivity contribution in [1.82, 2.24) is 16.0 Å². The fourth-order valence-electron chi connectivity index (χ4n) is 1.83. The van der Waals surface area contributed by atoms with Crippen LogP contribution in [0.2, 0.25) is 0 Å². The molecule has 1 unspecified atom stereocenters. The summed E-state index contributed by atoms with van der Waals surface area (Å²) in [5.41, 5.74) is 0. The average Bonchev–Trinajstić information content (AvgIpc) is 2.56. The van der Waals surface area contributed by atoms with Gasteiger partial charge in [-0.3, -0.25) is 4.79 Å². The number of benzene rings is 1. The number of carbonyl (C=O) groups is 1. The Morgan fingerprint density at radius 1 is 1.17 bits per heavy atom. The van der Waals surface area contributed by atoms with Gasteiger partial charge in [-0.05, 0) is 25.5 Å². The van der Waals surface area contributed by atoms with Crippen molar-refractivity contribution < 1.29 is 4.79 Å². The van der Waals surface area contributed by atoms with E-state index in [1.165, 1.54) is 4.90 Å². The average molecular weight is 337 g/mol. The van der Waals surface area contributed by atoms with Gasteiger partial charge in [0.25, 0.3) is 0 Å². The number of hydrogen-bond acceptors (Lipinski definition) is 3. The Morgan fingerprint density at radius 2 is 1.91 bits per heavy atom. The van der Waals surface area contributed by atoms with Gasteiger partial charge in [-0.15, -0.1) is 11.8 Å². The molecule has 1 rings (SSSR count). The van der Waals surface area contributed by atoms with E-state index in [-0.39, 0.29) is 12.5 Å². The van der Waals surface area contributed by atoms with Crippen molar-refractivity contribution in [2.75, 3.05) is 26.2 Å². The third-order valence-electron chi connectivity index (χ3n) is 2.93. The molecule has 1 atom stereocenters. The molecule has 1 aromatic rings. The van der Waals surface area contributed by atoms with E-state index >= 15 is 0 Å². The highest BCUT2D eigenvalue weighted by atomic mass is 32.2. The Labute approximate surface area is 143 Å². The van der Waals surface area contributed by atoms with E-state index in [4.69, 9.17) is 0 Å². The zero-order valence-electron chi connectivity index (χ0n) is 14.3. The maximum absolute atomic E-state index is 11.6. The zero-order valence-corrected chi connectivity index (χ0v) is 15.1. The first kappa shape index (κ1) is 19.4. The van der Waals surface area contributed by atoms with Crippen LogP contribution in [0.3, 0.4) is 0 Å². The molecule has 0 aromatic heterocycles. The number of rotatable bonds is 9. The summed E-state index contributed by atoms with van der Waals surface area (Å²) in [6, 6.07) is 10.3. The molecule has 0 saturated heterocycles. The Morgan fingerprint density at radius 3 is 2.57 bits per heavy atom. The summed E-state index contributed by atoms with van der Waals surface area (Å²) >= 11 is 1.81. The standard InChI is InChI=1S/C17H28N4OS/c1-4-11-19-16(22)13-21-17(18-5-2)20-12-14(3)23-15-9-7-6-8-10-15/h6-10,14H,4-5,11-13H2,1-3H3,(H,19,22)(H2,18,20,21). The lowest BCUT2D eigenvalue weighted by molar-refractivity contribution is -0.119. The van der Waals surface area contributed by atoms with Gasteiger partial charge < -0.3 is 16.0 Å². The van der Waals surface area contributed by atoms with Gasteiger partial charge in [-0.25, -0.2) is 4.99 Å². The number of amides is 1. The van der Waals surface area contributed by atoms with Crippen LogP contribution >= 0.6 is 11.8 Å². The highest BCUT2D eigenvalue weighted by Crippen LogP contribution is 2.21. The molecule has 1 amide bonds. The van der Waals surface area contributed by atoms with E-state index in [1.807, 2.05) is 43.8 Å². The number of nitrogens with zero attached hydrogens (tertiary/aromatic N) is 1. The molecule has 0 aliphatic heterocycles. The lowest BCUT2D eigenvalue weighted by atomic mass is 10.4. The minimum atomic E-state index is -0.0456. The van der Waals surface area contributed by atoms with Crippen LogP contribution in [-0.4, -0.2) is 43.3 Å². The summed E-state index contributed by atoms with van der Waals surface area (Å²) in [4.78, 5) is 17.2. The zero-order chi connectivity index (χ0) is 16.9. The Balaban J connectivity index is 2.40. The van der Waals surface area contributed by atoms with Gasteiger partial charge in [-0.2, -0.15) is 0 Å². The first-order valence-electron chi connectivity index (χ1n) is 8.16. The van der Waals surface area contributed by atoms with Gasteiger partial charge in [0.15, 0.2) is 5.96 Å². The lowest BCUT2D eigenvalue weighted by Gasteiger charge is -2.15. The summed E-state index contributed by atoms with van der Waals surface area (Å²) in [7, 11) is 0. The fraction of sp³-hybridized carbons (Fsp3) is 0.529. The number of aliphatic imine (C=N–C) groups is 1. The minimum Gasteiger partial charge on any atom is -0.357 e. The van der Waals surface area contributed by atoms with E-state index in [0.717, 1.165) is 19.5 Å². The van der Waals surface area contributed by atoms with Crippen molar-refractivity contribution in [3.05, 3.63) is 30.3 Å².